The van der Waals surface area contributed by atoms with Crippen molar-refractivity contribution in [3.63, 3.8) is 0 Å². The highest BCUT2D eigenvalue weighted by Crippen LogP contribution is 2.43. The summed E-state index contributed by atoms with van der Waals surface area (Å²) in [6.07, 6.45) is 9.24. The Morgan fingerprint density at radius 1 is 1.05 bits per heavy atom. The molecule has 2 aliphatic rings. The monoisotopic (exact) mass is 526 g/mol. The van der Waals surface area contributed by atoms with Crippen LogP contribution in [0.15, 0.2) is 54.2 Å². The van der Waals surface area contributed by atoms with Crippen molar-refractivity contribution in [1.82, 2.24) is 19.4 Å². The van der Waals surface area contributed by atoms with Crippen molar-refractivity contribution in [2.45, 2.75) is 38.5 Å². The fourth-order valence-electron chi connectivity index (χ4n) is 6.13. The minimum Gasteiger partial charge on any atom is -0.465 e. The van der Waals surface area contributed by atoms with Crippen molar-refractivity contribution < 1.29 is 9.53 Å². The summed E-state index contributed by atoms with van der Waals surface area (Å²) in [5, 5.41) is 0. The first kappa shape index (κ1) is 25.0. The van der Waals surface area contributed by atoms with Crippen LogP contribution < -0.4 is 0 Å². The Bertz CT molecular complexity index is 1510. The molecule has 3 aromatic heterocycles. The first-order valence-corrected chi connectivity index (χ1v) is 14.4. The van der Waals surface area contributed by atoms with E-state index in [4.69, 9.17) is 9.72 Å². The van der Waals surface area contributed by atoms with E-state index in [9.17, 15) is 4.79 Å². The molecule has 0 atom stereocenters. The van der Waals surface area contributed by atoms with Crippen molar-refractivity contribution >= 4 is 34.0 Å². The zero-order valence-electron chi connectivity index (χ0n) is 22.4. The largest absolute Gasteiger partial charge is 0.465 e. The van der Waals surface area contributed by atoms with Gasteiger partial charge < -0.3 is 14.2 Å². The number of pyridine rings is 1. The highest BCUT2D eigenvalue weighted by Gasteiger charge is 2.29. The van der Waals surface area contributed by atoms with Gasteiger partial charge in [-0.05, 0) is 67.1 Å². The smallest absolute Gasteiger partial charge is 0.348 e. The Morgan fingerprint density at radius 2 is 1.82 bits per heavy atom. The maximum Gasteiger partial charge on any atom is 0.348 e. The number of aromatic nitrogens is 3. The summed E-state index contributed by atoms with van der Waals surface area (Å²) in [4.78, 5) is 26.5. The van der Waals surface area contributed by atoms with Crippen molar-refractivity contribution in [2.24, 2.45) is 13.0 Å². The van der Waals surface area contributed by atoms with E-state index in [0.29, 0.717) is 5.92 Å². The average molecular weight is 527 g/mol. The highest BCUT2D eigenvalue weighted by molar-refractivity contribution is 7.17. The minimum atomic E-state index is -0.241. The number of esters is 1. The van der Waals surface area contributed by atoms with Crippen LogP contribution in [0.2, 0.25) is 0 Å². The van der Waals surface area contributed by atoms with E-state index in [-0.39, 0.29) is 5.97 Å². The lowest BCUT2D eigenvalue weighted by atomic mass is 9.78. The molecule has 0 N–H and O–H groups in total. The van der Waals surface area contributed by atoms with E-state index in [1.165, 1.54) is 44.8 Å². The molecule has 1 aliphatic carbocycles. The molecule has 0 saturated heterocycles. The van der Waals surface area contributed by atoms with Gasteiger partial charge in [0.05, 0.1) is 7.11 Å². The Morgan fingerprint density at radius 3 is 2.55 bits per heavy atom. The molecule has 1 aromatic carbocycles. The molecule has 6 nitrogen and oxygen atoms in total. The quantitative estimate of drug-likeness (QED) is 0.267. The summed E-state index contributed by atoms with van der Waals surface area (Å²) >= 11 is 1.54. The molecule has 4 heterocycles. The normalized spacial score (nSPS) is 17.3. The molecule has 1 saturated carbocycles. The lowest BCUT2D eigenvalue weighted by Crippen LogP contribution is -2.31. The number of hydrogen-bond donors (Lipinski definition) is 0. The molecule has 1 aliphatic heterocycles. The number of nitrogens with zero attached hydrogens (tertiary/aromatic N) is 4. The Hall–Kier alpha value is -3.29. The molecule has 0 bridgehead atoms. The van der Waals surface area contributed by atoms with Gasteiger partial charge in [0.2, 0.25) is 0 Å². The maximum absolute atomic E-state index is 13.0. The maximum atomic E-state index is 13.0. The van der Waals surface area contributed by atoms with Gasteiger partial charge in [0.15, 0.2) is 5.65 Å². The van der Waals surface area contributed by atoms with Gasteiger partial charge in [-0.3, -0.25) is 0 Å². The van der Waals surface area contributed by atoms with Gasteiger partial charge >= 0.3 is 5.97 Å². The van der Waals surface area contributed by atoms with Crippen LogP contribution in [-0.4, -0.2) is 52.7 Å². The molecule has 1 fully saturated rings. The third-order valence-corrected chi connectivity index (χ3v) is 9.32. The number of methoxy groups -OCH3 is 1. The van der Waals surface area contributed by atoms with Crippen molar-refractivity contribution in [2.75, 3.05) is 27.2 Å². The number of imidazole rings is 1. The number of fused-ring (bicyclic) bond motifs is 1. The second-order valence-corrected chi connectivity index (χ2v) is 11.6. The zero-order valence-corrected chi connectivity index (χ0v) is 23.2. The highest BCUT2D eigenvalue weighted by atomic mass is 32.1. The van der Waals surface area contributed by atoms with Gasteiger partial charge in [-0.25, -0.2) is 14.8 Å². The van der Waals surface area contributed by atoms with E-state index in [1.54, 1.807) is 23.1 Å². The van der Waals surface area contributed by atoms with Crippen LogP contribution in [0.3, 0.4) is 0 Å². The molecular weight excluding hydrogens is 492 g/mol. The summed E-state index contributed by atoms with van der Waals surface area (Å²) in [5.41, 5.74) is 7.89. The molecule has 7 heteroatoms. The van der Waals surface area contributed by atoms with Crippen molar-refractivity contribution in [3.05, 3.63) is 64.7 Å². The average Bonchev–Trinajstić information content (AvgIpc) is 3.55. The molecule has 0 radical (unpaired) electrons. The van der Waals surface area contributed by atoms with Gasteiger partial charge in [0.1, 0.15) is 16.2 Å². The third kappa shape index (κ3) is 4.58. The number of thiophene rings is 1. The van der Waals surface area contributed by atoms with Crippen LogP contribution in [0.25, 0.3) is 38.6 Å². The predicted molar refractivity (Wildman–Crippen MR) is 154 cm³/mol. The fourth-order valence-corrected chi connectivity index (χ4v) is 7.24. The van der Waals surface area contributed by atoms with Crippen LogP contribution >= 0.6 is 11.3 Å². The van der Waals surface area contributed by atoms with Gasteiger partial charge in [-0.15, -0.1) is 11.3 Å². The molecule has 6 rings (SSSR count). The molecule has 38 heavy (non-hydrogen) atoms. The summed E-state index contributed by atoms with van der Waals surface area (Å²) in [6.45, 7) is 2.01. The van der Waals surface area contributed by atoms with Crippen LogP contribution in [0.1, 0.15) is 53.8 Å². The van der Waals surface area contributed by atoms with Gasteiger partial charge in [-0.1, -0.05) is 43.5 Å². The van der Waals surface area contributed by atoms with Crippen LogP contribution in [-0.2, 0) is 11.8 Å². The number of carbonyl (C=O) groups is 1. The predicted octanol–water partition coefficient (Wildman–Crippen LogP) is 6.82. The number of carbonyl (C=O) groups excluding carboxylic acids is 1. The standard InChI is InChI=1S/C31H34N4O2S/c1-34-17-15-23(25(19-34)20-8-5-4-6-9-20)24-18-27(38-28(24)31(36)37-3)21-11-13-22(14-12-21)29-33-26-10-7-16-32-30(26)35(29)2/h7,10-14,16,18,20H,4-6,8-9,15,17,19H2,1-3H3. The van der Waals surface area contributed by atoms with E-state index >= 15 is 0 Å². The summed E-state index contributed by atoms with van der Waals surface area (Å²) in [6, 6.07) is 14.6. The number of aryl methyl sites for hydroxylation is 1. The molecule has 0 unspecified atom stereocenters. The zero-order chi connectivity index (χ0) is 26.2. The molecular formula is C31H34N4O2S. The number of benzene rings is 1. The number of ether oxygens (including phenoxy) is 1. The van der Waals surface area contributed by atoms with E-state index in [2.05, 4.69) is 47.3 Å². The van der Waals surface area contributed by atoms with Crippen molar-refractivity contribution in [3.8, 4) is 21.8 Å². The Labute approximate surface area is 228 Å². The molecule has 0 amide bonds. The van der Waals surface area contributed by atoms with Crippen molar-refractivity contribution in [1.29, 1.82) is 0 Å². The lowest BCUT2D eigenvalue weighted by Gasteiger charge is -2.34. The summed E-state index contributed by atoms with van der Waals surface area (Å²) in [5.74, 6) is 1.27. The van der Waals surface area contributed by atoms with Gasteiger partial charge in [0, 0.05) is 42.3 Å². The van der Waals surface area contributed by atoms with E-state index < -0.39 is 0 Å². The first-order chi connectivity index (χ1) is 18.5. The number of rotatable bonds is 5. The SMILES string of the molecule is COC(=O)c1sc(-c2ccc(-c3nc4cccnc4n3C)cc2)cc1C1=C(C2CCCCC2)CN(C)CC1. The Balaban J connectivity index is 1.39. The first-order valence-electron chi connectivity index (χ1n) is 13.5. The third-order valence-electron chi connectivity index (χ3n) is 8.15. The van der Waals surface area contributed by atoms with Gasteiger partial charge in [-0.2, -0.15) is 0 Å². The Kier molecular flexibility index (Phi) is 6.89. The summed E-state index contributed by atoms with van der Waals surface area (Å²) in [7, 11) is 5.69. The van der Waals surface area contributed by atoms with E-state index in [0.717, 1.165) is 62.9 Å². The number of likely N-dealkylation sites (N-methyl/N-ethyl adjacent to an activating group) is 1. The minimum absolute atomic E-state index is 0.241. The van der Waals surface area contributed by atoms with Crippen LogP contribution in [0.4, 0.5) is 0 Å². The van der Waals surface area contributed by atoms with Crippen LogP contribution in [0.5, 0.6) is 0 Å². The molecule has 0 spiro atoms. The van der Waals surface area contributed by atoms with Gasteiger partial charge in [0.25, 0.3) is 0 Å². The summed E-state index contributed by atoms with van der Waals surface area (Å²) < 4.78 is 7.29. The van der Waals surface area contributed by atoms with E-state index in [1.807, 2.05) is 23.7 Å². The molecule has 196 valence electrons. The topological polar surface area (TPSA) is 60.2 Å². The number of hydrogen-bond acceptors (Lipinski definition) is 6. The lowest BCUT2D eigenvalue weighted by molar-refractivity contribution is 0.0606. The second kappa shape index (κ2) is 10.5. The molecule has 4 aromatic rings. The van der Waals surface area contributed by atoms with Crippen LogP contribution in [0, 0.1) is 5.92 Å². The second-order valence-electron chi connectivity index (χ2n) is 10.6. The fraction of sp³-hybridized carbons (Fsp3) is 0.387.